The Hall–Kier alpha value is -2.42. The van der Waals surface area contributed by atoms with Crippen molar-refractivity contribution < 1.29 is 18.0 Å². The maximum Gasteiger partial charge on any atom is 0.257 e. The van der Waals surface area contributed by atoms with Gasteiger partial charge in [0.05, 0.1) is 15.5 Å². The summed E-state index contributed by atoms with van der Waals surface area (Å²) in [5.74, 6) is 0.0991. The first-order valence-electron chi connectivity index (χ1n) is 10.8. The average molecular weight is 476 g/mol. The summed E-state index contributed by atoms with van der Waals surface area (Å²) in [5.41, 5.74) is 1.41. The number of rotatable bonds is 5. The second kappa shape index (κ2) is 9.21. The van der Waals surface area contributed by atoms with E-state index in [2.05, 4.69) is 12.2 Å². The van der Waals surface area contributed by atoms with Crippen LogP contribution >= 0.6 is 11.6 Å². The second-order valence-electron chi connectivity index (χ2n) is 8.38. The SMILES string of the molecule is CC1CCN(S(=O)(=O)c2ccc(Cl)c(C(=O)Nc3ccc(N4CCCC4=O)cc3)c2)CC1. The normalized spacial score (nSPS) is 18.2. The second-order valence-corrected chi connectivity index (χ2v) is 10.7. The van der Waals surface area contributed by atoms with Gasteiger partial charge in [0, 0.05) is 37.4 Å². The van der Waals surface area contributed by atoms with Gasteiger partial charge in [-0.15, -0.1) is 0 Å². The van der Waals surface area contributed by atoms with E-state index in [4.69, 9.17) is 11.6 Å². The van der Waals surface area contributed by atoms with Crippen molar-refractivity contribution in [3.8, 4) is 0 Å². The molecule has 2 fully saturated rings. The minimum Gasteiger partial charge on any atom is -0.322 e. The number of nitrogens with one attached hydrogen (secondary N) is 1. The summed E-state index contributed by atoms with van der Waals surface area (Å²) in [4.78, 5) is 26.5. The van der Waals surface area contributed by atoms with E-state index < -0.39 is 15.9 Å². The predicted octanol–water partition coefficient (Wildman–Crippen LogP) is 4.14. The van der Waals surface area contributed by atoms with Crippen molar-refractivity contribution in [2.24, 2.45) is 5.92 Å². The molecule has 2 aromatic rings. The number of sulfonamides is 1. The molecule has 2 saturated heterocycles. The van der Waals surface area contributed by atoms with Crippen LogP contribution in [-0.2, 0) is 14.8 Å². The molecule has 2 amide bonds. The Labute approximate surface area is 193 Å². The maximum absolute atomic E-state index is 13.0. The third kappa shape index (κ3) is 4.67. The van der Waals surface area contributed by atoms with Crippen LogP contribution < -0.4 is 10.2 Å². The van der Waals surface area contributed by atoms with Gasteiger partial charge in [-0.2, -0.15) is 4.31 Å². The standard InChI is InChI=1S/C23H26ClN3O4S/c1-16-10-13-26(14-11-16)32(30,31)19-8-9-21(24)20(15-19)23(29)25-17-4-6-18(7-5-17)27-12-2-3-22(27)28/h4-9,15-16H,2-3,10-14H2,1H3,(H,25,29). The molecule has 2 aliphatic rings. The van der Waals surface area contributed by atoms with Crippen LogP contribution in [0.2, 0.25) is 5.02 Å². The van der Waals surface area contributed by atoms with Gasteiger partial charge < -0.3 is 10.2 Å². The third-order valence-corrected chi connectivity index (χ3v) is 8.30. The van der Waals surface area contributed by atoms with Gasteiger partial charge in [-0.05, 0) is 67.6 Å². The fourth-order valence-electron chi connectivity index (χ4n) is 4.06. The van der Waals surface area contributed by atoms with Gasteiger partial charge in [0.15, 0.2) is 0 Å². The van der Waals surface area contributed by atoms with E-state index in [1.807, 2.05) is 0 Å². The number of hydrogen-bond acceptors (Lipinski definition) is 4. The van der Waals surface area contributed by atoms with Gasteiger partial charge in [0.2, 0.25) is 15.9 Å². The molecule has 0 radical (unpaired) electrons. The molecule has 4 rings (SSSR count). The highest BCUT2D eigenvalue weighted by Gasteiger charge is 2.29. The summed E-state index contributed by atoms with van der Waals surface area (Å²) in [7, 11) is -3.69. The molecule has 0 spiro atoms. The Bertz CT molecular complexity index is 1130. The van der Waals surface area contributed by atoms with Gasteiger partial charge in [0.25, 0.3) is 5.91 Å². The lowest BCUT2D eigenvalue weighted by atomic mass is 10.0. The lowest BCUT2D eigenvalue weighted by Crippen LogP contribution is -2.37. The molecule has 2 aromatic carbocycles. The Balaban J connectivity index is 1.51. The number of benzene rings is 2. The molecule has 9 heteroatoms. The van der Waals surface area contributed by atoms with E-state index in [0.717, 1.165) is 24.9 Å². The molecule has 2 aliphatic heterocycles. The molecule has 2 heterocycles. The largest absolute Gasteiger partial charge is 0.322 e. The fraction of sp³-hybridized carbons (Fsp3) is 0.391. The lowest BCUT2D eigenvalue weighted by Gasteiger charge is -2.29. The van der Waals surface area contributed by atoms with E-state index in [0.29, 0.717) is 37.7 Å². The van der Waals surface area contributed by atoms with Gasteiger partial charge >= 0.3 is 0 Å². The van der Waals surface area contributed by atoms with Gasteiger partial charge in [0.1, 0.15) is 0 Å². The van der Waals surface area contributed by atoms with E-state index in [-0.39, 0.29) is 21.4 Å². The quantitative estimate of drug-likeness (QED) is 0.704. The number of hydrogen-bond donors (Lipinski definition) is 1. The van der Waals surface area contributed by atoms with Crippen molar-refractivity contribution in [1.82, 2.24) is 4.31 Å². The first-order chi connectivity index (χ1) is 15.3. The highest BCUT2D eigenvalue weighted by atomic mass is 35.5. The Kier molecular flexibility index (Phi) is 6.55. The predicted molar refractivity (Wildman–Crippen MR) is 125 cm³/mol. The number of piperidine rings is 1. The molecule has 0 atom stereocenters. The van der Waals surface area contributed by atoms with Crippen molar-refractivity contribution in [3.63, 3.8) is 0 Å². The number of halogens is 1. The summed E-state index contributed by atoms with van der Waals surface area (Å²) >= 11 is 6.23. The number of carbonyl (C=O) groups excluding carboxylic acids is 2. The van der Waals surface area contributed by atoms with Gasteiger partial charge in [-0.1, -0.05) is 18.5 Å². The molecular weight excluding hydrogens is 450 g/mol. The highest BCUT2D eigenvalue weighted by molar-refractivity contribution is 7.89. The Morgan fingerprint density at radius 1 is 1.06 bits per heavy atom. The summed E-state index contributed by atoms with van der Waals surface area (Å²) in [6.45, 7) is 3.75. The van der Waals surface area contributed by atoms with Crippen molar-refractivity contribution >= 4 is 44.8 Å². The van der Waals surface area contributed by atoms with Crippen LogP contribution in [0.1, 0.15) is 43.0 Å². The zero-order valence-electron chi connectivity index (χ0n) is 17.9. The van der Waals surface area contributed by atoms with Crippen LogP contribution in [0.4, 0.5) is 11.4 Å². The zero-order chi connectivity index (χ0) is 22.9. The Morgan fingerprint density at radius 3 is 2.38 bits per heavy atom. The zero-order valence-corrected chi connectivity index (χ0v) is 19.5. The third-order valence-electron chi connectivity index (χ3n) is 6.07. The smallest absolute Gasteiger partial charge is 0.257 e. The lowest BCUT2D eigenvalue weighted by molar-refractivity contribution is -0.117. The molecule has 0 aliphatic carbocycles. The Morgan fingerprint density at radius 2 is 1.75 bits per heavy atom. The van der Waals surface area contributed by atoms with E-state index in [1.165, 1.54) is 22.5 Å². The molecular formula is C23H26ClN3O4S. The molecule has 0 bridgehead atoms. The summed E-state index contributed by atoms with van der Waals surface area (Å²) in [6, 6.07) is 11.2. The molecule has 7 nitrogen and oxygen atoms in total. The molecule has 170 valence electrons. The number of amides is 2. The summed E-state index contributed by atoms with van der Waals surface area (Å²) in [6.07, 6.45) is 3.02. The molecule has 32 heavy (non-hydrogen) atoms. The summed E-state index contributed by atoms with van der Waals surface area (Å²) in [5, 5.41) is 2.93. The molecule has 0 aromatic heterocycles. The minimum absolute atomic E-state index is 0.0597. The van der Waals surface area contributed by atoms with E-state index in [9.17, 15) is 18.0 Å². The van der Waals surface area contributed by atoms with Crippen molar-refractivity contribution in [2.75, 3.05) is 29.9 Å². The number of carbonyl (C=O) groups is 2. The van der Waals surface area contributed by atoms with Crippen LogP contribution in [0.25, 0.3) is 0 Å². The first-order valence-corrected chi connectivity index (χ1v) is 12.6. The van der Waals surface area contributed by atoms with Crippen LogP contribution in [0.15, 0.2) is 47.4 Å². The van der Waals surface area contributed by atoms with Crippen molar-refractivity contribution in [2.45, 2.75) is 37.5 Å². The van der Waals surface area contributed by atoms with Gasteiger partial charge in [-0.25, -0.2) is 8.42 Å². The monoisotopic (exact) mass is 475 g/mol. The molecule has 0 unspecified atom stereocenters. The van der Waals surface area contributed by atoms with Crippen molar-refractivity contribution in [1.29, 1.82) is 0 Å². The van der Waals surface area contributed by atoms with Crippen LogP contribution in [0.3, 0.4) is 0 Å². The van der Waals surface area contributed by atoms with Crippen LogP contribution in [-0.4, -0.2) is 44.2 Å². The maximum atomic E-state index is 13.0. The highest BCUT2D eigenvalue weighted by Crippen LogP contribution is 2.28. The van der Waals surface area contributed by atoms with Crippen LogP contribution in [0, 0.1) is 5.92 Å². The van der Waals surface area contributed by atoms with E-state index >= 15 is 0 Å². The number of anilines is 2. The fourth-order valence-corrected chi connectivity index (χ4v) is 5.76. The van der Waals surface area contributed by atoms with Crippen molar-refractivity contribution in [3.05, 3.63) is 53.1 Å². The topological polar surface area (TPSA) is 86.8 Å². The van der Waals surface area contributed by atoms with Crippen LogP contribution in [0.5, 0.6) is 0 Å². The van der Waals surface area contributed by atoms with E-state index in [1.54, 1.807) is 29.2 Å². The minimum atomic E-state index is -3.69. The first kappa shape index (κ1) is 22.8. The summed E-state index contributed by atoms with van der Waals surface area (Å²) < 4.78 is 27.6. The van der Waals surface area contributed by atoms with Gasteiger partial charge in [-0.3, -0.25) is 9.59 Å². The molecule has 1 N–H and O–H groups in total. The molecule has 0 saturated carbocycles. The average Bonchev–Trinajstić information content (AvgIpc) is 3.20. The number of nitrogens with zero attached hydrogens (tertiary/aromatic N) is 2.